The van der Waals surface area contributed by atoms with Gasteiger partial charge in [0.2, 0.25) is 0 Å². The molecule has 0 bridgehead atoms. The van der Waals surface area contributed by atoms with Crippen molar-refractivity contribution in [1.29, 1.82) is 0 Å². The van der Waals surface area contributed by atoms with E-state index in [0.717, 1.165) is 38.2 Å². The average molecular weight is 391 g/mol. The Balaban J connectivity index is 1.42. The number of anilines is 1. The quantitative estimate of drug-likeness (QED) is 0.730. The second kappa shape index (κ2) is 8.82. The van der Waals surface area contributed by atoms with Gasteiger partial charge in [0, 0.05) is 50.5 Å². The van der Waals surface area contributed by atoms with Gasteiger partial charge in [-0.3, -0.25) is 4.98 Å². The zero-order valence-electron chi connectivity index (χ0n) is 16.6. The Labute approximate surface area is 171 Å². The fraction of sp³-hybridized carbons (Fsp3) is 0.304. The molecule has 1 aromatic carbocycles. The zero-order chi connectivity index (χ0) is 20.1. The topological polar surface area (TPSA) is 54.9 Å². The van der Waals surface area contributed by atoms with E-state index >= 15 is 0 Å². The molecule has 1 aromatic heterocycles. The highest BCUT2D eigenvalue weighted by molar-refractivity contribution is 5.80. The lowest BCUT2D eigenvalue weighted by atomic mass is 9.92. The smallest absolute Gasteiger partial charge is 0.343 e. The molecule has 0 atom stereocenters. The van der Waals surface area contributed by atoms with Gasteiger partial charge in [0.15, 0.2) is 6.61 Å². The SMILES string of the molecule is COC(=O)COc1ccc2c(c1)C=CCC2=CN1CCN(c2ccncc2)CC1. The standard InChI is InChI=1S/C23H25N3O3/c1-28-23(27)17-29-21-5-6-22-18(15-21)3-2-4-19(22)16-25-11-13-26(14-12-25)20-7-9-24-10-8-20/h2-3,5-10,15-16H,4,11-14,17H2,1H3. The molecule has 1 fully saturated rings. The molecule has 1 aliphatic heterocycles. The van der Waals surface area contributed by atoms with E-state index in [1.54, 1.807) is 0 Å². The molecular formula is C23H25N3O3. The maximum absolute atomic E-state index is 11.3. The molecule has 2 aromatic rings. The summed E-state index contributed by atoms with van der Waals surface area (Å²) in [5.74, 6) is 0.288. The van der Waals surface area contributed by atoms with Crippen molar-refractivity contribution in [3.63, 3.8) is 0 Å². The van der Waals surface area contributed by atoms with Gasteiger partial charge < -0.3 is 19.3 Å². The summed E-state index contributed by atoms with van der Waals surface area (Å²) in [6, 6.07) is 10.1. The van der Waals surface area contributed by atoms with Crippen LogP contribution in [0.3, 0.4) is 0 Å². The maximum atomic E-state index is 11.3. The van der Waals surface area contributed by atoms with Crippen LogP contribution in [0.4, 0.5) is 5.69 Å². The molecule has 1 saturated heterocycles. The van der Waals surface area contributed by atoms with E-state index in [9.17, 15) is 4.79 Å². The van der Waals surface area contributed by atoms with Gasteiger partial charge in [0.25, 0.3) is 0 Å². The van der Waals surface area contributed by atoms with Crippen molar-refractivity contribution in [2.75, 3.05) is 44.8 Å². The first-order chi connectivity index (χ1) is 14.2. The maximum Gasteiger partial charge on any atom is 0.343 e. The molecule has 0 unspecified atom stereocenters. The van der Waals surface area contributed by atoms with Crippen LogP contribution >= 0.6 is 0 Å². The molecule has 6 heteroatoms. The van der Waals surface area contributed by atoms with Gasteiger partial charge in [-0.1, -0.05) is 18.2 Å². The van der Waals surface area contributed by atoms with Crippen LogP contribution in [0.1, 0.15) is 17.5 Å². The molecule has 1 aliphatic carbocycles. The number of benzene rings is 1. The number of carbonyl (C=O) groups is 1. The first kappa shape index (κ1) is 19.1. The molecule has 2 heterocycles. The molecular weight excluding hydrogens is 366 g/mol. The highest BCUT2D eigenvalue weighted by atomic mass is 16.6. The monoisotopic (exact) mass is 391 g/mol. The van der Waals surface area contributed by atoms with Crippen LogP contribution in [-0.4, -0.2) is 55.7 Å². The van der Waals surface area contributed by atoms with Crippen molar-refractivity contribution in [3.05, 3.63) is 66.1 Å². The molecule has 2 aliphatic rings. The van der Waals surface area contributed by atoms with Crippen LogP contribution in [0, 0.1) is 0 Å². The van der Waals surface area contributed by atoms with Gasteiger partial charge in [-0.05, 0) is 47.4 Å². The average Bonchev–Trinajstić information content (AvgIpc) is 2.78. The number of nitrogens with zero attached hydrogens (tertiary/aromatic N) is 3. The predicted molar refractivity (Wildman–Crippen MR) is 114 cm³/mol. The highest BCUT2D eigenvalue weighted by Gasteiger charge is 2.17. The number of esters is 1. The van der Waals surface area contributed by atoms with Crippen LogP contribution in [0.2, 0.25) is 0 Å². The highest BCUT2D eigenvalue weighted by Crippen LogP contribution is 2.32. The lowest BCUT2D eigenvalue weighted by molar-refractivity contribution is -0.142. The summed E-state index contributed by atoms with van der Waals surface area (Å²) in [4.78, 5) is 20.2. The molecule has 6 nitrogen and oxygen atoms in total. The third-order valence-electron chi connectivity index (χ3n) is 5.27. The third-order valence-corrected chi connectivity index (χ3v) is 5.27. The van der Waals surface area contributed by atoms with E-state index in [1.165, 1.54) is 23.9 Å². The van der Waals surface area contributed by atoms with E-state index in [4.69, 9.17) is 4.74 Å². The number of methoxy groups -OCH3 is 1. The summed E-state index contributed by atoms with van der Waals surface area (Å²) in [7, 11) is 1.36. The van der Waals surface area contributed by atoms with Crippen LogP contribution in [0.25, 0.3) is 11.6 Å². The largest absolute Gasteiger partial charge is 0.482 e. The number of hydrogen-bond donors (Lipinski definition) is 0. The third kappa shape index (κ3) is 4.59. The van der Waals surface area contributed by atoms with Gasteiger partial charge in [0.1, 0.15) is 5.75 Å². The summed E-state index contributed by atoms with van der Waals surface area (Å²) in [5.41, 5.74) is 4.87. The number of carbonyl (C=O) groups excluding carboxylic acids is 1. The lowest BCUT2D eigenvalue weighted by Crippen LogP contribution is -2.44. The summed E-state index contributed by atoms with van der Waals surface area (Å²) in [6.45, 7) is 3.90. The number of allylic oxidation sites excluding steroid dienone is 2. The van der Waals surface area contributed by atoms with Crippen molar-refractivity contribution >= 4 is 23.3 Å². The van der Waals surface area contributed by atoms with Gasteiger partial charge in [-0.25, -0.2) is 4.79 Å². The lowest BCUT2D eigenvalue weighted by Gasteiger charge is -2.36. The number of aromatic nitrogens is 1. The number of ether oxygens (including phenoxy) is 2. The minimum atomic E-state index is -0.384. The van der Waals surface area contributed by atoms with Crippen molar-refractivity contribution in [1.82, 2.24) is 9.88 Å². The van der Waals surface area contributed by atoms with Crippen molar-refractivity contribution in [3.8, 4) is 5.75 Å². The molecule has 0 N–H and O–H groups in total. The van der Waals surface area contributed by atoms with Crippen molar-refractivity contribution < 1.29 is 14.3 Å². The Bertz CT molecular complexity index is 916. The Morgan fingerprint density at radius 3 is 2.69 bits per heavy atom. The molecule has 0 amide bonds. The zero-order valence-corrected chi connectivity index (χ0v) is 16.6. The Kier molecular flexibility index (Phi) is 5.79. The van der Waals surface area contributed by atoms with Gasteiger partial charge in [-0.2, -0.15) is 0 Å². The molecule has 4 rings (SSSR count). The second-order valence-corrected chi connectivity index (χ2v) is 7.10. The first-order valence-electron chi connectivity index (χ1n) is 9.83. The van der Waals surface area contributed by atoms with Crippen LogP contribution in [0.15, 0.2) is 55.0 Å². The number of pyridine rings is 1. The molecule has 0 saturated carbocycles. The number of hydrogen-bond acceptors (Lipinski definition) is 6. The number of piperazine rings is 1. The summed E-state index contributed by atoms with van der Waals surface area (Å²) >= 11 is 0. The van der Waals surface area contributed by atoms with E-state index in [1.807, 2.05) is 24.5 Å². The van der Waals surface area contributed by atoms with Gasteiger partial charge >= 0.3 is 5.97 Å². The van der Waals surface area contributed by atoms with Crippen molar-refractivity contribution in [2.24, 2.45) is 0 Å². The second-order valence-electron chi connectivity index (χ2n) is 7.10. The summed E-state index contributed by atoms with van der Waals surface area (Å²) < 4.78 is 10.1. The van der Waals surface area contributed by atoms with E-state index < -0.39 is 0 Å². The molecule has 0 radical (unpaired) electrons. The molecule has 150 valence electrons. The van der Waals surface area contributed by atoms with Crippen LogP contribution in [-0.2, 0) is 9.53 Å². The predicted octanol–water partition coefficient (Wildman–Crippen LogP) is 3.21. The van der Waals surface area contributed by atoms with Gasteiger partial charge in [0.05, 0.1) is 7.11 Å². The van der Waals surface area contributed by atoms with E-state index in [2.05, 4.69) is 56.1 Å². The summed E-state index contributed by atoms with van der Waals surface area (Å²) in [6.07, 6.45) is 11.2. The Morgan fingerprint density at radius 1 is 1.14 bits per heavy atom. The van der Waals surface area contributed by atoms with Crippen molar-refractivity contribution in [2.45, 2.75) is 6.42 Å². The normalized spacial score (nSPS) is 17.2. The van der Waals surface area contributed by atoms with Crippen LogP contribution < -0.4 is 9.64 Å². The van der Waals surface area contributed by atoms with E-state index in [0.29, 0.717) is 5.75 Å². The summed E-state index contributed by atoms with van der Waals surface area (Å²) in [5, 5.41) is 0. The molecule has 0 spiro atoms. The Hall–Kier alpha value is -3.28. The first-order valence-corrected chi connectivity index (χ1v) is 9.83. The van der Waals surface area contributed by atoms with Crippen LogP contribution in [0.5, 0.6) is 5.75 Å². The Morgan fingerprint density at radius 2 is 1.93 bits per heavy atom. The van der Waals surface area contributed by atoms with Gasteiger partial charge in [-0.15, -0.1) is 0 Å². The molecule has 29 heavy (non-hydrogen) atoms. The fourth-order valence-corrected chi connectivity index (χ4v) is 3.69. The number of rotatable bonds is 5. The minimum Gasteiger partial charge on any atom is -0.482 e. The number of fused-ring (bicyclic) bond motifs is 1. The van der Waals surface area contributed by atoms with E-state index in [-0.39, 0.29) is 12.6 Å². The minimum absolute atomic E-state index is 0.0799. The fourth-order valence-electron chi connectivity index (χ4n) is 3.69.